The van der Waals surface area contributed by atoms with Gasteiger partial charge >= 0.3 is 0 Å². The maximum Gasteiger partial charge on any atom is 0.157 e. The predicted molar refractivity (Wildman–Crippen MR) is 105 cm³/mol. The molecule has 0 saturated carbocycles. The van der Waals surface area contributed by atoms with E-state index in [0.29, 0.717) is 24.4 Å². The lowest BCUT2D eigenvalue weighted by molar-refractivity contribution is 0.0172. The standard InChI is InChI=1S/C21H24N4O2/c1-15-12-20(23-9-5-10-26-14-16-6-4-11-27-16)25-19-8-3-2-7-18(19)24-21(25)17(15)13-22/h2-3,7-8,12,16,23H,4-6,9-11,14H2,1H3. The zero-order chi connectivity index (χ0) is 18.6. The summed E-state index contributed by atoms with van der Waals surface area (Å²) >= 11 is 0. The van der Waals surface area contributed by atoms with Gasteiger partial charge in [0, 0.05) is 19.8 Å². The highest BCUT2D eigenvalue weighted by atomic mass is 16.5. The number of hydrogen-bond donors (Lipinski definition) is 1. The van der Waals surface area contributed by atoms with Gasteiger partial charge in [-0.15, -0.1) is 0 Å². The number of pyridine rings is 1. The van der Waals surface area contributed by atoms with E-state index in [4.69, 9.17) is 9.47 Å². The molecule has 6 nitrogen and oxygen atoms in total. The average Bonchev–Trinajstić information content (AvgIpc) is 3.32. The van der Waals surface area contributed by atoms with E-state index in [1.165, 1.54) is 0 Å². The zero-order valence-corrected chi connectivity index (χ0v) is 15.6. The highest BCUT2D eigenvalue weighted by Gasteiger charge is 2.16. The Morgan fingerprint density at radius 2 is 2.30 bits per heavy atom. The van der Waals surface area contributed by atoms with Crippen molar-refractivity contribution in [1.82, 2.24) is 9.38 Å². The SMILES string of the molecule is Cc1cc(NCCCOCC2CCCO2)n2c(nc3ccccc32)c1C#N. The number of aromatic nitrogens is 2. The Kier molecular flexibility index (Phi) is 5.23. The van der Waals surface area contributed by atoms with E-state index in [9.17, 15) is 5.26 Å². The molecular formula is C21H24N4O2. The van der Waals surface area contributed by atoms with Crippen molar-refractivity contribution in [2.75, 3.05) is 31.7 Å². The van der Waals surface area contributed by atoms with Crippen LogP contribution in [0.15, 0.2) is 30.3 Å². The third kappa shape index (κ3) is 3.61. The van der Waals surface area contributed by atoms with Gasteiger partial charge in [-0.1, -0.05) is 12.1 Å². The van der Waals surface area contributed by atoms with Gasteiger partial charge in [-0.25, -0.2) is 4.98 Å². The van der Waals surface area contributed by atoms with Crippen LogP contribution in [-0.4, -0.2) is 41.9 Å². The molecule has 1 saturated heterocycles. The number of rotatable bonds is 7. The summed E-state index contributed by atoms with van der Waals surface area (Å²) in [6.45, 7) is 5.00. The van der Waals surface area contributed by atoms with Gasteiger partial charge in [-0.05, 0) is 49.9 Å². The number of benzene rings is 1. The molecule has 2 aromatic heterocycles. The van der Waals surface area contributed by atoms with E-state index >= 15 is 0 Å². The van der Waals surface area contributed by atoms with E-state index in [-0.39, 0.29) is 6.10 Å². The molecule has 6 heteroatoms. The summed E-state index contributed by atoms with van der Waals surface area (Å²) in [4.78, 5) is 4.67. The minimum atomic E-state index is 0.274. The fourth-order valence-electron chi connectivity index (χ4n) is 3.61. The maximum absolute atomic E-state index is 9.55. The van der Waals surface area contributed by atoms with Gasteiger partial charge in [0.25, 0.3) is 0 Å². The number of nitrogens with one attached hydrogen (secondary N) is 1. The lowest BCUT2D eigenvalue weighted by Crippen LogP contribution is -2.16. The van der Waals surface area contributed by atoms with Crippen molar-refractivity contribution in [1.29, 1.82) is 5.26 Å². The second kappa shape index (κ2) is 7.95. The van der Waals surface area contributed by atoms with Crippen molar-refractivity contribution in [3.05, 3.63) is 41.5 Å². The molecule has 140 valence electrons. The lowest BCUT2D eigenvalue weighted by Gasteiger charge is -2.13. The molecule has 1 aliphatic heterocycles. The van der Waals surface area contributed by atoms with Crippen molar-refractivity contribution in [3.8, 4) is 6.07 Å². The molecule has 3 aromatic rings. The molecule has 4 rings (SSSR count). The number of nitrogens with zero attached hydrogens (tertiary/aromatic N) is 3. The summed E-state index contributed by atoms with van der Waals surface area (Å²) in [6, 6.07) is 12.3. The topological polar surface area (TPSA) is 71.6 Å². The number of anilines is 1. The van der Waals surface area contributed by atoms with Gasteiger partial charge in [0.1, 0.15) is 11.9 Å². The van der Waals surface area contributed by atoms with Crippen LogP contribution in [0.2, 0.25) is 0 Å². The Bertz CT molecular complexity index is 983. The molecular weight excluding hydrogens is 340 g/mol. The molecule has 0 aliphatic carbocycles. The van der Waals surface area contributed by atoms with E-state index in [2.05, 4.69) is 16.4 Å². The Balaban J connectivity index is 1.47. The first-order chi connectivity index (χ1) is 13.3. The van der Waals surface area contributed by atoms with Crippen molar-refractivity contribution < 1.29 is 9.47 Å². The van der Waals surface area contributed by atoms with E-state index < -0.39 is 0 Å². The van der Waals surface area contributed by atoms with Crippen LogP contribution in [0.3, 0.4) is 0 Å². The third-order valence-corrected chi connectivity index (χ3v) is 4.98. The summed E-state index contributed by atoms with van der Waals surface area (Å²) in [5.41, 5.74) is 4.15. The van der Waals surface area contributed by atoms with E-state index in [1.54, 1.807) is 0 Å². The summed E-state index contributed by atoms with van der Waals surface area (Å²) in [6.07, 6.45) is 3.42. The molecule has 3 heterocycles. The fourth-order valence-corrected chi connectivity index (χ4v) is 3.61. The van der Waals surface area contributed by atoms with Crippen molar-refractivity contribution in [2.24, 2.45) is 0 Å². The summed E-state index contributed by atoms with van der Waals surface area (Å²) in [5.74, 6) is 0.953. The zero-order valence-electron chi connectivity index (χ0n) is 15.6. The number of imidazole rings is 1. The average molecular weight is 364 g/mol. The van der Waals surface area contributed by atoms with E-state index in [0.717, 1.165) is 54.8 Å². The number of ether oxygens (including phenoxy) is 2. The van der Waals surface area contributed by atoms with Crippen molar-refractivity contribution in [3.63, 3.8) is 0 Å². The number of hydrogen-bond acceptors (Lipinski definition) is 5. The predicted octanol–water partition coefficient (Wildman–Crippen LogP) is 3.67. The van der Waals surface area contributed by atoms with Gasteiger partial charge in [0.2, 0.25) is 0 Å². The maximum atomic E-state index is 9.55. The number of fused-ring (bicyclic) bond motifs is 3. The minimum Gasteiger partial charge on any atom is -0.379 e. The molecule has 0 amide bonds. The number of nitriles is 1. The molecule has 1 unspecified atom stereocenters. The van der Waals surface area contributed by atoms with Crippen LogP contribution >= 0.6 is 0 Å². The Hall–Kier alpha value is -2.62. The van der Waals surface area contributed by atoms with Gasteiger partial charge < -0.3 is 14.8 Å². The quantitative estimate of drug-likeness (QED) is 0.648. The molecule has 1 atom stereocenters. The largest absolute Gasteiger partial charge is 0.379 e. The first-order valence-electron chi connectivity index (χ1n) is 9.52. The van der Waals surface area contributed by atoms with Crippen LogP contribution in [0, 0.1) is 18.3 Å². The summed E-state index contributed by atoms with van der Waals surface area (Å²) in [7, 11) is 0. The Morgan fingerprint density at radius 3 is 3.11 bits per heavy atom. The first-order valence-corrected chi connectivity index (χ1v) is 9.52. The second-order valence-corrected chi connectivity index (χ2v) is 6.95. The van der Waals surface area contributed by atoms with Crippen LogP contribution < -0.4 is 5.32 Å². The number of aryl methyl sites for hydroxylation is 1. The monoisotopic (exact) mass is 364 g/mol. The molecule has 0 bridgehead atoms. The molecule has 1 aromatic carbocycles. The molecule has 1 aliphatic rings. The molecule has 0 radical (unpaired) electrons. The van der Waals surface area contributed by atoms with Gasteiger partial charge in [-0.3, -0.25) is 4.40 Å². The van der Waals surface area contributed by atoms with E-state index in [1.807, 2.05) is 41.7 Å². The van der Waals surface area contributed by atoms with Crippen LogP contribution in [0.4, 0.5) is 5.82 Å². The summed E-state index contributed by atoms with van der Waals surface area (Å²) < 4.78 is 13.3. The molecule has 1 N–H and O–H groups in total. The number of para-hydroxylation sites is 2. The molecule has 0 spiro atoms. The van der Waals surface area contributed by atoms with Gasteiger partial charge in [0.05, 0.1) is 29.3 Å². The van der Waals surface area contributed by atoms with Gasteiger partial charge in [0.15, 0.2) is 5.65 Å². The normalized spacial score (nSPS) is 16.8. The second-order valence-electron chi connectivity index (χ2n) is 6.95. The highest BCUT2D eigenvalue weighted by molar-refractivity contribution is 5.85. The minimum absolute atomic E-state index is 0.274. The Morgan fingerprint density at radius 1 is 1.41 bits per heavy atom. The summed E-state index contributed by atoms with van der Waals surface area (Å²) in [5, 5.41) is 13.0. The van der Waals surface area contributed by atoms with Crippen LogP contribution in [0.25, 0.3) is 16.7 Å². The van der Waals surface area contributed by atoms with Gasteiger partial charge in [-0.2, -0.15) is 5.26 Å². The first kappa shape index (κ1) is 17.8. The van der Waals surface area contributed by atoms with Crippen molar-refractivity contribution in [2.45, 2.75) is 32.3 Å². The molecule has 27 heavy (non-hydrogen) atoms. The van der Waals surface area contributed by atoms with Crippen molar-refractivity contribution >= 4 is 22.5 Å². The Labute approximate surface area is 158 Å². The lowest BCUT2D eigenvalue weighted by atomic mass is 10.1. The third-order valence-electron chi connectivity index (χ3n) is 4.98. The highest BCUT2D eigenvalue weighted by Crippen LogP contribution is 2.26. The van der Waals surface area contributed by atoms with Crippen LogP contribution in [0.1, 0.15) is 30.4 Å². The van der Waals surface area contributed by atoms with Crippen LogP contribution in [0.5, 0.6) is 0 Å². The smallest absolute Gasteiger partial charge is 0.157 e. The fraction of sp³-hybridized carbons (Fsp3) is 0.429. The van der Waals surface area contributed by atoms with Crippen LogP contribution in [-0.2, 0) is 9.47 Å². The molecule has 1 fully saturated rings.